The minimum atomic E-state index is -2.54. The maximum absolute atomic E-state index is 11.8. The van der Waals surface area contributed by atoms with E-state index in [0.717, 1.165) is 6.07 Å². The Balaban J connectivity index is 0.000000561. The Morgan fingerprint density at radius 3 is 2.33 bits per heavy atom. The van der Waals surface area contributed by atoms with Crippen molar-refractivity contribution in [2.24, 2.45) is 0 Å². The maximum atomic E-state index is 11.8. The van der Waals surface area contributed by atoms with E-state index in [1.165, 1.54) is 12.3 Å². The molecule has 0 aliphatic rings. The summed E-state index contributed by atoms with van der Waals surface area (Å²) in [7, 11) is 0.500. The molecule has 0 aliphatic carbocycles. The van der Waals surface area contributed by atoms with Gasteiger partial charge < -0.3 is 5.73 Å². The van der Waals surface area contributed by atoms with Crippen LogP contribution in [0, 0.1) is 0 Å². The summed E-state index contributed by atoms with van der Waals surface area (Å²) in [6, 6.07) is 2.62. The zero-order chi connectivity index (χ0) is 9.56. The van der Waals surface area contributed by atoms with Crippen molar-refractivity contribution in [3.63, 3.8) is 0 Å². The fourth-order valence-corrected chi connectivity index (χ4v) is 0.585. The molecule has 0 radical (unpaired) electrons. The third kappa shape index (κ3) is 3.23. The molecule has 0 bridgehead atoms. The largest absolute Gasteiger partial charge is 0.399 e. The topological polar surface area (TPSA) is 38.9 Å². The highest BCUT2D eigenvalue weighted by atomic mass is 19.3. The zero-order valence-corrected chi connectivity index (χ0v) is 6.47. The third-order valence-electron chi connectivity index (χ3n) is 1.03. The first-order valence-corrected chi connectivity index (χ1v) is 3.07. The van der Waals surface area contributed by atoms with Crippen LogP contribution in [-0.4, -0.2) is 12.2 Å². The normalized spacial score (nSPS) is 9.08. The maximum Gasteiger partial charge on any atom is 0.280 e. The highest BCUT2D eigenvalue weighted by molar-refractivity contribution is 5.37. The van der Waals surface area contributed by atoms with E-state index in [4.69, 9.17) is 5.73 Å². The predicted octanol–water partition coefficient (Wildman–Crippen LogP) is 2.19. The van der Waals surface area contributed by atoms with Crippen LogP contribution in [0.4, 0.5) is 18.9 Å². The SMILES string of the molecule is CF.Nc1ccnc(C(F)F)c1. The van der Waals surface area contributed by atoms with E-state index in [0.29, 0.717) is 12.9 Å². The first kappa shape index (κ1) is 10.7. The van der Waals surface area contributed by atoms with Crippen molar-refractivity contribution < 1.29 is 13.2 Å². The van der Waals surface area contributed by atoms with Gasteiger partial charge in [-0.1, -0.05) is 0 Å². The summed E-state index contributed by atoms with van der Waals surface area (Å²) in [5, 5.41) is 0. The molecule has 1 aromatic rings. The molecule has 1 heterocycles. The Kier molecular flexibility index (Phi) is 4.83. The van der Waals surface area contributed by atoms with Gasteiger partial charge in [0.2, 0.25) is 0 Å². The highest BCUT2D eigenvalue weighted by Gasteiger charge is 2.06. The lowest BCUT2D eigenvalue weighted by Gasteiger charge is -1.97. The number of anilines is 1. The molecule has 12 heavy (non-hydrogen) atoms. The van der Waals surface area contributed by atoms with Crippen LogP contribution in [-0.2, 0) is 0 Å². The van der Waals surface area contributed by atoms with Crippen molar-refractivity contribution in [1.29, 1.82) is 0 Å². The number of aromatic nitrogens is 1. The molecular weight excluding hydrogens is 169 g/mol. The van der Waals surface area contributed by atoms with Crippen LogP contribution < -0.4 is 5.73 Å². The molecule has 1 aromatic heterocycles. The van der Waals surface area contributed by atoms with Crippen molar-refractivity contribution in [3.8, 4) is 0 Å². The average Bonchev–Trinajstić information content (AvgIpc) is 2.08. The number of halogens is 3. The Hall–Kier alpha value is -1.26. The van der Waals surface area contributed by atoms with Gasteiger partial charge in [0.1, 0.15) is 5.69 Å². The van der Waals surface area contributed by atoms with Crippen molar-refractivity contribution in [2.75, 3.05) is 12.9 Å². The first-order chi connectivity index (χ1) is 5.70. The summed E-state index contributed by atoms with van der Waals surface area (Å²) in [5.74, 6) is 0. The van der Waals surface area contributed by atoms with Crippen LogP contribution in [0.2, 0.25) is 0 Å². The van der Waals surface area contributed by atoms with E-state index < -0.39 is 6.43 Å². The molecule has 68 valence electrons. The van der Waals surface area contributed by atoms with E-state index in [2.05, 4.69) is 4.98 Å². The lowest BCUT2D eigenvalue weighted by molar-refractivity contribution is 0.146. The van der Waals surface area contributed by atoms with Gasteiger partial charge in [-0.15, -0.1) is 0 Å². The highest BCUT2D eigenvalue weighted by Crippen LogP contribution is 2.16. The van der Waals surface area contributed by atoms with Gasteiger partial charge >= 0.3 is 0 Å². The molecule has 0 amide bonds. The fraction of sp³-hybridized carbons (Fsp3) is 0.286. The Morgan fingerprint density at radius 2 is 2.00 bits per heavy atom. The van der Waals surface area contributed by atoms with Gasteiger partial charge in [0.25, 0.3) is 6.43 Å². The third-order valence-corrected chi connectivity index (χ3v) is 1.03. The summed E-state index contributed by atoms with van der Waals surface area (Å²) in [6.07, 6.45) is -1.28. The van der Waals surface area contributed by atoms with E-state index in [9.17, 15) is 13.2 Å². The lowest BCUT2D eigenvalue weighted by Crippen LogP contribution is -1.92. The molecule has 2 nitrogen and oxygen atoms in total. The summed E-state index contributed by atoms with van der Waals surface area (Å²) in [6.45, 7) is 0. The quantitative estimate of drug-likeness (QED) is 0.715. The number of hydrogen-bond donors (Lipinski definition) is 1. The van der Waals surface area contributed by atoms with E-state index in [-0.39, 0.29) is 5.69 Å². The molecule has 0 atom stereocenters. The number of pyridine rings is 1. The van der Waals surface area contributed by atoms with Crippen molar-refractivity contribution >= 4 is 5.69 Å². The van der Waals surface area contributed by atoms with Crippen molar-refractivity contribution in [3.05, 3.63) is 24.0 Å². The average molecular weight is 178 g/mol. The van der Waals surface area contributed by atoms with Gasteiger partial charge in [0.05, 0.1) is 7.18 Å². The number of nitrogens with two attached hydrogens (primary N) is 1. The molecule has 0 saturated carbocycles. The van der Waals surface area contributed by atoms with Crippen LogP contribution in [0.3, 0.4) is 0 Å². The standard InChI is InChI=1S/C6H6F2N2.CH3F/c7-6(8)5-3-4(9)1-2-10-5;1-2/h1-3,6H,(H2,9,10);1H3. The van der Waals surface area contributed by atoms with Crippen LogP contribution in [0.1, 0.15) is 12.1 Å². The summed E-state index contributed by atoms with van der Waals surface area (Å²) < 4.78 is 33.2. The van der Waals surface area contributed by atoms with Crippen molar-refractivity contribution in [2.45, 2.75) is 6.43 Å². The molecule has 1 rings (SSSR count). The molecular formula is C7H9F3N2. The number of rotatable bonds is 1. The second-order valence-electron chi connectivity index (χ2n) is 1.81. The van der Waals surface area contributed by atoms with E-state index in [1.807, 2.05) is 0 Å². The number of nitrogen functional groups attached to an aromatic ring is 1. The molecule has 0 fully saturated rings. The first-order valence-electron chi connectivity index (χ1n) is 3.07. The second-order valence-corrected chi connectivity index (χ2v) is 1.81. The minimum absolute atomic E-state index is 0.278. The van der Waals surface area contributed by atoms with Gasteiger partial charge in [0.15, 0.2) is 0 Å². The van der Waals surface area contributed by atoms with Crippen LogP contribution >= 0.6 is 0 Å². The summed E-state index contributed by atoms with van der Waals surface area (Å²) in [5.41, 5.74) is 5.26. The zero-order valence-electron chi connectivity index (χ0n) is 6.47. The molecule has 5 heteroatoms. The molecule has 0 aliphatic heterocycles. The lowest BCUT2D eigenvalue weighted by atomic mass is 10.3. The fourth-order valence-electron chi connectivity index (χ4n) is 0.585. The predicted molar refractivity (Wildman–Crippen MR) is 40.6 cm³/mol. The van der Waals surface area contributed by atoms with Gasteiger partial charge in [0, 0.05) is 11.9 Å². The van der Waals surface area contributed by atoms with E-state index in [1.54, 1.807) is 0 Å². The Labute approximate surface area is 68.2 Å². The number of alkyl halides is 3. The van der Waals surface area contributed by atoms with Gasteiger partial charge in [-0.3, -0.25) is 9.37 Å². The molecule has 0 aromatic carbocycles. The van der Waals surface area contributed by atoms with E-state index >= 15 is 0 Å². The van der Waals surface area contributed by atoms with Gasteiger partial charge in [-0.2, -0.15) is 0 Å². The number of nitrogens with zero attached hydrogens (tertiary/aromatic N) is 1. The Morgan fingerprint density at radius 1 is 1.42 bits per heavy atom. The van der Waals surface area contributed by atoms with Crippen LogP contribution in [0.15, 0.2) is 18.3 Å². The van der Waals surface area contributed by atoms with Gasteiger partial charge in [-0.25, -0.2) is 8.78 Å². The molecule has 2 N–H and O–H groups in total. The van der Waals surface area contributed by atoms with Crippen LogP contribution in [0.25, 0.3) is 0 Å². The second kappa shape index (κ2) is 5.40. The monoisotopic (exact) mass is 178 g/mol. The van der Waals surface area contributed by atoms with Crippen molar-refractivity contribution in [1.82, 2.24) is 4.98 Å². The number of hydrogen-bond acceptors (Lipinski definition) is 2. The smallest absolute Gasteiger partial charge is 0.280 e. The molecule has 0 spiro atoms. The minimum Gasteiger partial charge on any atom is -0.399 e. The molecule has 0 saturated heterocycles. The summed E-state index contributed by atoms with van der Waals surface area (Å²) in [4.78, 5) is 3.41. The summed E-state index contributed by atoms with van der Waals surface area (Å²) >= 11 is 0. The van der Waals surface area contributed by atoms with Crippen LogP contribution in [0.5, 0.6) is 0 Å². The Bertz CT molecular complexity index is 228. The van der Waals surface area contributed by atoms with Gasteiger partial charge in [-0.05, 0) is 12.1 Å². The molecule has 0 unspecified atom stereocenters.